The van der Waals surface area contributed by atoms with Crippen LogP contribution in [0, 0.1) is 6.92 Å². The van der Waals surface area contributed by atoms with Gasteiger partial charge in [0.2, 0.25) is 10.0 Å². The van der Waals surface area contributed by atoms with E-state index in [0.29, 0.717) is 6.61 Å². The Morgan fingerprint density at radius 2 is 2.19 bits per heavy atom. The van der Waals surface area contributed by atoms with Crippen molar-refractivity contribution in [1.29, 1.82) is 0 Å². The smallest absolute Gasteiger partial charge is 0.335 e. The topological polar surface area (TPSA) is 92.7 Å². The Morgan fingerprint density at radius 1 is 1.43 bits per heavy atom. The Hall–Kier alpha value is -1.44. The predicted octanol–water partition coefficient (Wildman–Crippen LogP) is 1.54. The summed E-state index contributed by atoms with van der Waals surface area (Å²) in [5.41, 5.74) is 0.230. The lowest BCUT2D eigenvalue weighted by Crippen LogP contribution is -2.35. The Balaban J connectivity index is 2.15. The molecule has 0 spiro atoms. The Labute approximate surface area is 124 Å². The molecule has 6 nitrogen and oxygen atoms in total. The van der Waals surface area contributed by atoms with Crippen LogP contribution in [0.4, 0.5) is 0 Å². The Bertz CT molecular complexity index is 620. The van der Waals surface area contributed by atoms with Crippen molar-refractivity contribution < 1.29 is 23.1 Å². The molecule has 0 radical (unpaired) electrons. The van der Waals surface area contributed by atoms with Crippen LogP contribution in [0.15, 0.2) is 23.1 Å². The molecule has 1 atom stereocenters. The van der Waals surface area contributed by atoms with Gasteiger partial charge in [-0.2, -0.15) is 0 Å². The van der Waals surface area contributed by atoms with Gasteiger partial charge in [-0.15, -0.1) is 0 Å². The van der Waals surface area contributed by atoms with Gasteiger partial charge in [0.25, 0.3) is 0 Å². The molecule has 1 aromatic rings. The van der Waals surface area contributed by atoms with Crippen LogP contribution in [-0.4, -0.2) is 38.7 Å². The van der Waals surface area contributed by atoms with Crippen LogP contribution < -0.4 is 4.72 Å². The van der Waals surface area contributed by atoms with Crippen LogP contribution in [0.2, 0.25) is 0 Å². The first-order valence-corrected chi connectivity index (χ1v) is 8.34. The number of hydrogen-bond acceptors (Lipinski definition) is 4. The largest absolute Gasteiger partial charge is 0.478 e. The molecule has 0 aliphatic carbocycles. The monoisotopic (exact) mass is 313 g/mol. The summed E-state index contributed by atoms with van der Waals surface area (Å²) in [6.07, 6.45) is 2.75. The molecular weight excluding hydrogens is 294 g/mol. The number of carboxylic acids is 1. The third-order valence-corrected chi connectivity index (χ3v) is 5.15. The number of carbonyl (C=O) groups is 1. The van der Waals surface area contributed by atoms with Crippen molar-refractivity contribution in [2.45, 2.75) is 37.2 Å². The third kappa shape index (κ3) is 3.81. The predicted molar refractivity (Wildman–Crippen MR) is 76.9 cm³/mol. The molecule has 21 heavy (non-hydrogen) atoms. The van der Waals surface area contributed by atoms with Gasteiger partial charge in [-0.25, -0.2) is 17.9 Å². The lowest BCUT2D eigenvalue weighted by atomic mass is 10.1. The molecule has 1 saturated heterocycles. The number of ether oxygens (including phenoxy) is 1. The van der Waals surface area contributed by atoms with E-state index in [4.69, 9.17) is 9.84 Å². The van der Waals surface area contributed by atoms with Gasteiger partial charge >= 0.3 is 5.97 Å². The number of aromatic carboxylic acids is 1. The average molecular weight is 313 g/mol. The maximum atomic E-state index is 12.3. The van der Waals surface area contributed by atoms with E-state index in [2.05, 4.69) is 4.72 Å². The van der Waals surface area contributed by atoms with E-state index in [1.165, 1.54) is 25.1 Å². The fourth-order valence-corrected chi connectivity index (χ4v) is 3.72. The van der Waals surface area contributed by atoms with E-state index in [1.807, 2.05) is 0 Å². The number of nitrogens with one attached hydrogen (secondary N) is 1. The second kappa shape index (κ2) is 6.55. The molecule has 2 rings (SSSR count). The molecule has 1 unspecified atom stereocenters. The second-order valence-electron chi connectivity index (χ2n) is 5.07. The molecule has 0 aromatic heterocycles. The Morgan fingerprint density at radius 3 is 2.81 bits per heavy atom. The van der Waals surface area contributed by atoms with Gasteiger partial charge in [-0.1, -0.05) is 6.07 Å². The summed E-state index contributed by atoms with van der Waals surface area (Å²) in [5.74, 6) is -1.14. The van der Waals surface area contributed by atoms with Crippen LogP contribution in [0.3, 0.4) is 0 Å². The highest BCUT2D eigenvalue weighted by Gasteiger charge is 2.22. The van der Waals surface area contributed by atoms with Crippen molar-refractivity contribution in [3.63, 3.8) is 0 Å². The summed E-state index contributed by atoms with van der Waals surface area (Å²) >= 11 is 0. The SMILES string of the molecule is Cc1c(C(=O)O)cccc1S(=O)(=O)NCC1CCCCO1. The highest BCUT2D eigenvalue weighted by Crippen LogP contribution is 2.19. The molecule has 1 aliphatic rings. The van der Waals surface area contributed by atoms with Crippen molar-refractivity contribution in [3.8, 4) is 0 Å². The molecule has 0 bridgehead atoms. The molecule has 1 aliphatic heterocycles. The van der Waals surface area contributed by atoms with Crippen molar-refractivity contribution in [3.05, 3.63) is 29.3 Å². The maximum absolute atomic E-state index is 12.3. The van der Waals surface area contributed by atoms with E-state index in [-0.39, 0.29) is 28.7 Å². The minimum absolute atomic E-state index is 0.00166. The maximum Gasteiger partial charge on any atom is 0.335 e. The third-order valence-electron chi connectivity index (χ3n) is 3.58. The first-order chi connectivity index (χ1) is 9.92. The van der Waals surface area contributed by atoms with Crippen LogP contribution in [0.25, 0.3) is 0 Å². The average Bonchev–Trinajstić information content (AvgIpc) is 2.46. The summed E-state index contributed by atoms with van der Waals surface area (Å²) in [4.78, 5) is 11.1. The van der Waals surface area contributed by atoms with E-state index in [9.17, 15) is 13.2 Å². The number of sulfonamides is 1. The first kappa shape index (κ1) is 15.9. The van der Waals surface area contributed by atoms with Crippen LogP contribution in [-0.2, 0) is 14.8 Å². The molecule has 1 fully saturated rings. The van der Waals surface area contributed by atoms with Crippen LogP contribution in [0.1, 0.15) is 35.2 Å². The van der Waals surface area contributed by atoms with Gasteiger partial charge in [0.15, 0.2) is 0 Å². The first-order valence-electron chi connectivity index (χ1n) is 6.86. The molecule has 1 heterocycles. The minimum Gasteiger partial charge on any atom is -0.478 e. The summed E-state index contributed by atoms with van der Waals surface area (Å²) in [6.45, 7) is 2.36. The molecule has 7 heteroatoms. The number of rotatable bonds is 5. The van der Waals surface area contributed by atoms with Gasteiger partial charge in [0.05, 0.1) is 16.6 Å². The quantitative estimate of drug-likeness (QED) is 0.860. The molecule has 0 saturated carbocycles. The van der Waals surface area contributed by atoms with Crippen LogP contribution in [0.5, 0.6) is 0 Å². The number of benzene rings is 1. The normalized spacial score (nSPS) is 19.4. The fourth-order valence-electron chi connectivity index (χ4n) is 2.39. The number of carboxylic acid groups (broad SMARTS) is 1. The van der Waals surface area contributed by atoms with Crippen molar-refractivity contribution in [2.75, 3.05) is 13.2 Å². The number of hydrogen-bond donors (Lipinski definition) is 2. The van der Waals surface area contributed by atoms with Crippen molar-refractivity contribution >= 4 is 16.0 Å². The minimum atomic E-state index is -3.74. The van der Waals surface area contributed by atoms with E-state index >= 15 is 0 Å². The van der Waals surface area contributed by atoms with Crippen molar-refractivity contribution in [2.24, 2.45) is 0 Å². The van der Waals surface area contributed by atoms with Gasteiger partial charge in [-0.3, -0.25) is 0 Å². The lowest BCUT2D eigenvalue weighted by molar-refractivity contribution is 0.0200. The van der Waals surface area contributed by atoms with E-state index < -0.39 is 16.0 Å². The van der Waals surface area contributed by atoms with Crippen LogP contribution >= 0.6 is 0 Å². The molecule has 0 amide bonds. The summed E-state index contributed by atoms with van der Waals surface area (Å²) in [6, 6.07) is 4.23. The molecular formula is C14H19NO5S. The summed E-state index contributed by atoms with van der Waals surface area (Å²) in [7, 11) is -3.74. The highest BCUT2D eigenvalue weighted by atomic mass is 32.2. The summed E-state index contributed by atoms with van der Waals surface area (Å²) < 4.78 is 32.6. The molecule has 1 aromatic carbocycles. The zero-order valence-electron chi connectivity index (χ0n) is 11.8. The van der Waals surface area contributed by atoms with Gasteiger partial charge < -0.3 is 9.84 Å². The van der Waals surface area contributed by atoms with Gasteiger partial charge in [0, 0.05) is 13.2 Å². The highest BCUT2D eigenvalue weighted by molar-refractivity contribution is 7.89. The fraction of sp³-hybridized carbons (Fsp3) is 0.500. The van der Waals surface area contributed by atoms with Gasteiger partial charge in [0.1, 0.15) is 0 Å². The zero-order valence-corrected chi connectivity index (χ0v) is 12.6. The van der Waals surface area contributed by atoms with Gasteiger partial charge in [-0.05, 0) is 43.9 Å². The standard InChI is InChI=1S/C14H19NO5S/c1-10-12(14(16)17)6-4-7-13(10)21(18,19)15-9-11-5-2-3-8-20-11/h4,6-7,11,15H,2-3,5,8-9H2,1H3,(H,16,17). The van der Waals surface area contributed by atoms with E-state index in [0.717, 1.165) is 19.3 Å². The van der Waals surface area contributed by atoms with E-state index in [1.54, 1.807) is 0 Å². The molecule has 2 N–H and O–H groups in total. The summed E-state index contributed by atoms with van der Waals surface area (Å²) in [5, 5.41) is 9.05. The zero-order chi connectivity index (χ0) is 15.5. The van der Waals surface area contributed by atoms with Crippen molar-refractivity contribution in [1.82, 2.24) is 4.72 Å². The lowest BCUT2D eigenvalue weighted by Gasteiger charge is -2.23. The second-order valence-corrected chi connectivity index (χ2v) is 6.81. The Kier molecular flexibility index (Phi) is 4.97. The molecule has 116 valence electrons.